The van der Waals surface area contributed by atoms with Crippen LogP contribution in [-0.4, -0.2) is 36.1 Å². The molecule has 0 amide bonds. The van der Waals surface area contributed by atoms with Crippen LogP contribution >= 0.6 is 0 Å². The molecule has 1 aliphatic heterocycles. The second-order valence-electron chi connectivity index (χ2n) is 5.52. The molecule has 0 spiro atoms. The van der Waals surface area contributed by atoms with Gasteiger partial charge >= 0.3 is 0 Å². The van der Waals surface area contributed by atoms with Crippen molar-refractivity contribution in [3.63, 3.8) is 0 Å². The van der Waals surface area contributed by atoms with Gasteiger partial charge in [0.2, 0.25) is 0 Å². The summed E-state index contributed by atoms with van der Waals surface area (Å²) >= 11 is 0. The lowest BCUT2D eigenvalue weighted by Crippen LogP contribution is -2.46. The van der Waals surface area contributed by atoms with E-state index in [0.29, 0.717) is 5.82 Å². The van der Waals surface area contributed by atoms with E-state index < -0.39 is 0 Å². The predicted molar refractivity (Wildman–Crippen MR) is 88.2 cm³/mol. The second kappa shape index (κ2) is 6.71. The van der Waals surface area contributed by atoms with Crippen LogP contribution in [0.4, 0.5) is 10.2 Å². The standard InChI is InChI=1S/C18H20FN3/c1-2-15-5-3-6-16(13-15)14-21-9-11-22(12-10-21)18-17(19)7-4-8-20-18/h2-8,13H,1,9-12,14H2. The molecule has 2 aromatic rings. The van der Waals surface area contributed by atoms with Gasteiger partial charge in [-0.05, 0) is 23.3 Å². The van der Waals surface area contributed by atoms with Crippen molar-refractivity contribution in [2.24, 2.45) is 0 Å². The summed E-state index contributed by atoms with van der Waals surface area (Å²) in [4.78, 5) is 8.56. The Kier molecular flexibility index (Phi) is 4.49. The third kappa shape index (κ3) is 3.34. The molecule has 0 N–H and O–H groups in total. The van der Waals surface area contributed by atoms with Crippen LogP contribution in [0.25, 0.3) is 6.08 Å². The van der Waals surface area contributed by atoms with Crippen molar-refractivity contribution in [1.82, 2.24) is 9.88 Å². The molecule has 0 bridgehead atoms. The number of rotatable bonds is 4. The molecule has 0 atom stereocenters. The van der Waals surface area contributed by atoms with Gasteiger partial charge in [-0.15, -0.1) is 0 Å². The lowest BCUT2D eigenvalue weighted by Gasteiger charge is -2.35. The highest BCUT2D eigenvalue weighted by molar-refractivity contribution is 5.48. The molecule has 3 nitrogen and oxygen atoms in total. The van der Waals surface area contributed by atoms with Crippen LogP contribution in [0.5, 0.6) is 0 Å². The van der Waals surface area contributed by atoms with Crippen LogP contribution in [-0.2, 0) is 6.54 Å². The second-order valence-corrected chi connectivity index (χ2v) is 5.52. The average molecular weight is 297 g/mol. The Morgan fingerprint density at radius 1 is 1.14 bits per heavy atom. The largest absolute Gasteiger partial charge is 0.352 e. The summed E-state index contributed by atoms with van der Waals surface area (Å²) in [5, 5.41) is 0. The molecule has 1 aromatic carbocycles. The van der Waals surface area contributed by atoms with E-state index >= 15 is 0 Å². The van der Waals surface area contributed by atoms with Gasteiger partial charge in [0.15, 0.2) is 11.6 Å². The van der Waals surface area contributed by atoms with Gasteiger partial charge in [-0.25, -0.2) is 9.37 Å². The zero-order chi connectivity index (χ0) is 15.4. The maximum absolute atomic E-state index is 13.8. The first-order chi connectivity index (χ1) is 10.8. The minimum absolute atomic E-state index is 0.241. The summed E-state index contributed by atoms with van der Waals surface area (Å²) in [6.07, 6.45) is 3.51. The van der Waals surface area contributed by atoms with Gasteiger partial charge in [0.25, 0.3) is 0 Å². The van der Waals surface area contributed by atoms with Gasteiger partial charge in [0.1, 0.15) is 0 Å². The van der Waals surface area contributed by atoms with Gasteiger partial charge in [0, 0.05) is 38.9 Å². The third-order valence-electron chi connectivity index (χ3n) is 4.00. The number of hydrogen-bond donors (Lipinski definition) is 0. The first-order valence-corrected chi connectivity index (χ1v) is 7.55. The van der Waals surface area contributed by atoms with E-state index in [1.54, 1.807) is 12.3 Å². The molecule has 1 aromatic heterocycles. The topological polar surface area (TPSA) is 19.4 Å². The summed E-state index contributed by atoms with van der Waals surface area (Å²) < 4.78 is 13.8. The molecule has 0 saturated carbocycles. The first-order valence-electron chi connectivity index (χ1n) is 7.55. The van der Waals surface area contributed by atoms with Gasteiger partial charge in [-0.1, -0.05) is 36.9 Å². The maximum Gasteiger partial charge on any atom is 0.165 e. The molecule has 22 heavy (non-hydrogen) atoms. The Hall–Kier alpha value is -2.20. The number of anilines is 1. The fraction of sp³-hybridized carbons (Fsp3) is 0.278. The highest BCUT2D eigenvalue weighted by Gasteiger charge is 2.20. The van der Waals surface area contributed by atoms with Crippen molar-refractivity contribution in [2.75, 3.05) is 31.1 Å². The minimum atomic E-state index is -0.241. The maximum atomic E-state index is 13.8. The predicted octanol–water partition coefficient (Wildman–Crippen LogP) is 3.19. The van der Waals surface area contributed by atoms with Crippen LogP contribution in [0, 0.1) is 5.82 Å². The number of pyridine rings is 1. The van der Waals surface area contributed by atoms with Crippen molar-refractivity contribution < 1.29 is 4.39 Å². The Bertz CT molecular complexity index is 648. The van der Waals surface area contributed by atoms with Crippen LogP contribution in [0.15, 0.2) is 49.2 Å². The Morgan fingerprint density at radius 2 is 1.95 bits per heavy atom. The van der Waals surface area contributed by atoms with E-state index in [9.17, 15) is 4.39 Å². The highest BCUT2D eigenvalue weighted by Crippen LogP contribution is 2.18. The van der Waals surface area contributed by atoms with Crippen LogP contribution in [0.1, 0.15) is 11.1 Å². The molecular weight excluding hydrogens is 277 g/mol. The molecule has 0 unspecified atom stereocenters. The average Bonchev–Trinajstić information content (AvgIpc) is 2.56. The first kappa shape index (κ1) is 14.7. The molecular formula is C18H20FN3. The number of piperazine rings is 1. The fourth-order valence-electron chi connectivity index (χ4n) is 2.80. The van der Waals surface area contributed by atoms with Gasteiger partial charge in [-0.2, -0.15) is 0 Å². The van der Waals surface area contributed by atoms with E-state index in [4.69, 9.17) is 0 Å². The van der Waals surface area contributed by atoms with Gasteiger partial charge < -0.3 is 4.90 Å². The van der Waals surface area contributed by atoms with E-state index in [1.165, 1.54) is 11.6 Å². The Morgan fingerprint density at radius 3 is 2.68 bits per heavy atom. The summed E-state index contributed by atoms with van der Waals surface area (Å²) in [7, 11) is 0. The van der Waals surface area contributed by atoms with Crippen LogP contribution in [0.2, 0.25) is 0 Å². The van der Waals surface area contributed by atoms with E-state index in [2.05, 4.69) is 40.7 Å². The quantitative estimate of drug-likeness (QED) is 0.864. The van der Waals surface area contributed by atoms with Gasteiger partial charge in [0.05, 0.1) is 0 Å². The van der Waals surface area contributed by atoms with Crippen LogP contribution in [0.3, 0.4) is 0 Å². The number of benzene rings is 1. The molecule has 114 valence electrons. The smallest absolute Gasteiger partial charge is 0.165 e. The van der Waals surface area contributed by atoms with Crippen molar-refractivity contribution in [3.05, 3.63) is 66.1 Å². The van der Waals surface area contributed by atoms with Crippen molar-refractivity contribution in [1.29, 1.82) is 0 Å². The number of aromatic nitrogens is 1. The van der Waals surface area contributed by atoms with Crippen molar-refractivity contribution >= 4 is 11.9 Å². The lowest BCUT2D eigenvalue weighted by atomic mass is 10.1. The van der Waals surface area contributed by atoms with Crippen LogP contribution < -0.4 is 4.90 Å². The molecule has 1 saturated heterocycles. The fourth-order valence-corrected chi connectivity index (χ4v) is 2.80. The SMILES string of the molecule is C=Cc1cccc(CN2CCN(c3ncccc3F)CC2)c1. The number of halogens is 1. The molecule has 0 aliphatic carbocycles. The highest BCUT2D eigenvalue weighted by atomic mass is 19.1. The minimum Gasteiger partial charge on any atom is -0.352 e. The van der Waals surface area contributed by atoms with Gasteiger partial charge in [-0.3, -0.25) is 4.90 Å². The molecule has 1 aliphatic rings. The summed E-state index contributed by atoms with van der Waals surface area (Å²) in [6, 6.07) is 11.5. The molecule has 0 radical (unpaired) electrons. The normalized spacial score (nSPS) is 15.8. The summed E-state index contributed by atoms with van der Waals surface area (Å²) in [6.45, 7) is 8.15. The van der Waals surface area contributed by atoms with E-state index in [1.807, 2.05) is 11.0 Å². The Balaban J connectivity index is 1.60. The zero-order valence-corrected chi connectivity index (χ0v) is 12.6. The molecule has 4 heteroatoms. The van der Waals surface area contributed by atoms with Crippen molar-refractivity contribution in [2.45, 2.75) is 6.54 Å². The lowest BCUT2D eigenvalue weighted by molar-refractivity contribution is 0.248. The third-order valence-corrected chi connectivity index (χ3v) is 4.00. The summed E-state index contributed by atoms with van der Waals surface area (Å²) in [5.74, 6) is 0.227. The molecule has 1 fully saturated rings. The summed E-state index contributed by atoms with van der Waals surface area (Å²) in [5.41, 5.74) is 2.43. The molecule has 2 heterocycles. The number of hydrogen-bond acceptors (Lipinski definition) is 3. The monoisotopic (exact) mass is 297 g/mol. The molecule has 3 rings (SSSR count). The van der Waals surface area contributed by atoms with E-state index in [-0.39, 0.29) is 5.82 Å². The van der Waals surface area contributed by atoms with E-state index in [0.717, 1.165) is 38.3 Å². The van der Waals surface area contributed by atoms with Crippen molar-refractivity contribution in [3.8, 4) is 0 Å². The number of nitrogens with zero attached hydrogens (tertiary/aromatic N) is 3. The Labute approximate surface area is 130 Å². The zero-order valence-electron chi connectivity index (χ0n) is 12.6.